The van der Waals surface area contributed by atoms with Gasteiger partial charge < -0.3 is 9.64 Å². The monoisotopic (exact) mass is 428 g/mol. The van der Waals surface area contributed by atoms with Crippen LogP contribution in [0.25, 0.3) is 0 Å². The van der Waals surface area contributed by atoms with Crippen molar-refractivity contribution in [3.8, 4) is 10.9 Å². The van der Waals surface area contributed by atoms with Crippen LogP contribution in [0.5, 0.6) is 10.9 Å². The van der Waals surface area contributed by atoms with Crippen molar-refractivity contribution in [3.05, 3.63) is 63.9 Å². The fourth-order valence-electron chi connectivity index (χ4n) is 2.54. The Labute approximate surface area is 181 Å². The minimum absolute atomic E-state index is 0.405. The normalized spacial score (nSPS) is 11.4. The van der Waals surface area contributed by atoms with Crippen LogP contribution in [0.2, 0.25) is 5.02 Å². The molecule has 152 valence electrons. The van der Waals surface area contributed by atoms with E-state index in [9.17, 15) is 0 Å². The molecule has 0 amide bonds. The summed E-state index contributed by atoms with van der Waals surface area (Å²) < 4.78 is 10.4. The summed E-state index contributed by atoms with van der Waals surface area (Å²) in [4.78, 5) is 11.2. The molecule has 7 heteroatoms. The molecule has 0 bridgehead atoms. The van der Waals surface area contributed by atoms with Crippen LogP contribution in [0.4, 0.5) is 5.69 Å². The van der Waals surface area contributed by atoms with Crippen molar-refractivity contribution in [2.75, 3.05) is 7.05 Å². The van der Waals surface area contributed by atoms with Gasteiger partial charge in [0, 0.05) is 36.1 Å². The lowest BCUT2D eigenvalue weighted by atomic mass is 10.1. The van der Waals surface area contributed by atoms with E-state index in [1.54, 1.807) is 0 Å². The number of halogens is 1. The average molecular weight is 429 g/mol. The molecule has 0 aliphatic rings. The number of ether oxygens (including phenoxy) is 1. The number of aliphatic imine (C=N–C) groups is 1. The smallest absolute Gasteiger partial charge is 0.298 e. The molecule has 0 saturated heterocycles. The second-order valence-electron chi connectivity index (χ2n) is 7.29. The maximum Gasteiger partial charge on any atom is 0.298 e. The standard InChI is InChI=1S/C22H25ClN4OS/c1-14(2)27(5)13-24-19-10-16(4)20(11-15(19)3)28-22-25-21(26-29-22)12-17-6-8-18(23)9-7-17/h6-11,13-14H,12H2,1-5H3/b24-13-. The maximum atomic E-state index is 6.01. The summed E-state index contributed by atoms with van der Waals surface area (Å²) in [5.74, 6) is 1.51. The predicted molar refractivity (Wildman–Crippen MR) is 121 cm³/mol. The molecule has 0 N–H and O–H groups in total. The van der Waals surface area contributed by atoms with Crippen LogP contribution in [-0.2, 0) is 6.42 Å². The Morgan fingerprint density at radius 3 is 2.59 bits per heavy atom. The third kappa shape index (κ3) is 5.78. The van der Waals surface area contributed by atoms with E-state index >= 15 is 0 Å². The van der Waals surface area contributed by atoms with Crippen molar-refractivity contribution in [3.63, 3.8) is 0 Å². The summed E-state index contributed by atoms with van der Waals surface area (Å²) in [6, 6.07) is 12.1. The van der Waals surface area contributed by atoms with E-state index in [1.165, 1.54) is 11.5 Å². The van der Waals surface area contributed by atoms with Gasteiger partial charge in [-0.2, -0.15) is 9.36 Å². The molecule has 29 heavy (non-hydrogen) atoms. The van der Waals surface area contributed by atoms with Crippen LogP contribution in [0.3, 0.4) is 0 Å². The quantitative estimate of drug-likeness (QED) is 0.332. The Kier molecular flexibility index (Phi) is 6.87. The van der Waals surface area contributed by atoms with Crippen molar-refractivity contribution in [1.82, 2.24) is 14.3 Å². The lowest BCUT2D eigenvalue weighted by Crippen LogP contribution is -2.24. The molecule has 0 aliphatic heterocycles. The molecule has 0 saturated carbocycles. The van der Waals surface area contributed by atoms with Crippen LogP contribution in [0, 0.1) is 13.8 Å². The number of aromatic nitrogens is 2. The molecule has 3 aromatic rings. The highest BCUT2D eigenvalue weighted by Gasteiger charge is 2.11. The zero-order chi connectivity index (χ0) is 21.0. The molecule has 0 spiro atoms. The van der Waals surface area contributed by atoms with Gasteiger partial charge in [0.15, 0.2) is 5.82 Å². The first-order chi connectivity index (χ1) is 13.8. The number of benzene rings is 2. The summed E-state index contributed by atoms with van der Waals surface area (Å²) in [5, 5.41) is 1.26. The molecule has 0 atom stereocenters. The van der Waals surface area contributed by atoms with Crippen molar-refractivity contribution in [2.45, 2.75) is 40.2 Å². The highest BCUT2D eigenvalue weighted by molar-refractivity contribution is 7.07. The predicted octanol–water partition coefficient (Wildman–Crippen LogP) is 6.19. The van der Waals surface area contributed by atoms with Gasteiger partial charge >= 0.3 is 0 Å². The van der Waals surface area contributed by atoms with E-state index in [0.29, 0.717) is 17.7 Å². The second-order valence-corrected chi connectivity index (χ2v) is 8.44. The molecule has 1 heterocycles. The molecule has 1 aromatic heterocycles. The minimum atomic E-state index is 0.405. The first kappa shape index (κ1) is 21.3. The molecule has 2 aromatic carbocycles. The van der Waals surface area contributed by atoms with Crippen LogP contribution in [0.1, 0.15) is 36.4 Å². The van der Waals surface area contributed by atoms with Crippen LogP contribution < -0.4 is 4.74 Å². The number of hydrogen-bond donors (Lipinski definition) is 0. The maximum absolute atomic E-state index is 6.01. The zero-order valence-electron chi connectivity index (χ0n) is 17.3. The summed E-state index contributed by atoms with van der Waals surface area (Å²) in [6.07, 6.45) is 2.51. The molecule has 0 fully saturated rings. The molecule has 3 rings (SSSR count). The Hall–Kier alpha value is -2.44. The lowest BCUT2D eigenvalue weighted by molar-refractivity contribution is 0.429. The highest BCUT2D eigenvalue weighted by Crippen LogP contribution is 2.32. The fraction of sp³-hybridized carbons (Fsp3) is 0.318. The third-order valence-electron chi connectivity index (χ3n) is 4.61. The second kappa shape index (κ2) is 9.37. The van der Waals surface area contributed by atoms with Crippen molar-refractivity contribution >= 4 is 35.2 Å². The molecule has 0 aliphatic carbocycles. The van der Waals surface area contributed by atoms with E-state index in [4.69, 9.17) is 16.3 Å². The molecule has 0 unspecified atom stereocenters. The minimum Gasteiger partial charge on any atom is -0.430 e. The Bertz CT molecular complexity index is 999. The molecule has 5 nitrogen and oxygen atoms in total. The van der Waals surface area contributed by atoms with Gasteiger partial charge in [0.1, 0.15) is 5.75 Å². The number of aryl methyl sites for hydroxylation is 2. The average Bonchev–Trinajstić information content (AvgIpc) is 3.11. The van der Waals surface area contributed by atoms with Crippen molar-refractivity contribution in [2.24, 2.45) is 4.99 Å². The van der Waals surface area contributed by atoms with E-state index in [1.807, 2.05) is 63.6 Å². The zero-order valence-corrected chi connectivity index (χ0v) is 18.9. The van der Waals surface area contributed by atoms with Crippen LogP contribution in [0.15, 0.2) is 41.4 Å². The number of nitrogens with zero attached hydrogens (tertiary/aromatic N) is 4. The molecular formula is C22H25ClN4OS. The van der Waals surface area contributed by atoms with Gasteiger partial charge in [-0.05, 0) is 68.7 Å². The summed E-state index contributed by atoms with van der Waals surface area (Å²) in [5.41, 5.74) is 4.09. The molecular weight excluding hydrogens is 404 g/mol. The summed E-state index contributed by atoms with van der Waals surface area (Å²) in [6.45, 7) is 8.30. The number of hydrogen-bond acceptors (Lipinski definition) is 5. The third-order valence-corrected chi connectivity index (χ3v) is 5.49. The van der Waals surface area contributed by atoms with Crippen LogP contribution in [-0.4, -0.2) is 33.7 Å². The van der Waals surface area contributed by atoms with Crippen molar-refractivity contribution < 1.29 is 4.74 Å². The first-order valence-electron chi connectivity index (χ1n) is 9.44. The van der Waals surface area contributed by atoms with Gasteiger partial charge in [-0.1, -0.05) is 23.7 Å². The van der Waals surface area contributed by atoms with Gasteiger partial charge in [0.25, 0.3) is 5.19 Å². The fourth-order valence-corrected chi connectivity index (χ4v) is 3.23. The van der Waals surface area contributed by atoms with Gasteiger partial charge in [-0.25, -0.2) is 4.99 Å². The van der Waals surface area contributed by atoms with Gasteiger partial charge in [0.05, 0.1) is 12.0 Å². The topological polar surface area (TPSA) is 50.6 Å². The van der Waals surface area contributed by atoms with Gasteiger partial charge in [-0.3, -0.25) is 0 Å². The number of rotatable bonds is 7. The highest BCUT2D eigenvalue weighted by atomic mass is 35.5. The Morgan fingerprint density at radius 1 is 1.17 bits per heavy atom. The van der Waals surface area contributed by atoms with Gasteiger partial charge in [-0.15, -0.1) is 0 Å². The van der Waals surface area contributed by atoms with E-state index in [-0.39, 0.29) is 0 Å². The SMILES string of the molecule is Cc1cc(Oc2nc(Cc3ccc(Cl)cc3)ns2)c(C)cc1/N=C\N(C)C(C)C. The summed E-state index contributed by atoms with van der Waals surface area (Å²) in [7, 11) is 2.02. The van der Waals surface area contributed by atoms with E-state index in [0.717, 1.165) is 39.0 Å². The summed E-state index contributed by atoms with van der Waals surface area (Å²) >= 11 is 7.19. The Morgan fingerprint density at radius 2 is 1.90 bits per heavy atom. The first-order valence-corrected chi connectivity index (χ1v) is 10.6. The lowest BCUT2D eigenvalue weighted by Gasteiger charge is -2.17. The van der Waals surface area contributed by atoms with Crippen LogP contribution >= 0.6 is 23.1 Å². The van der Waals surface area contributed by atoms with E-state index in [2.05, 4.69) is 33.1 Å². The van der Waals surface area contributed by atoms with Crippen molar-refractivity contribution in [1.29, 1.82) is 0 Å². The van der Waals surface area contributed by atoms with Gasteiger partial charge in [0.2, 0.25) is 0 Å². The molecule has 0 radical (unpaired) electrons. The Balaban J connectivity index is 1.71. The van der Waals surface area contributed by atoms with E-state index < -0.39 is 0 Å². The largest absolute Gasteiger partial charge is 0.430 e.